The van der Waals surface area contributed by atoms with Gasteiger partial charge in [-0.05, 0) is 39.7 Å². The van der Waals surface area contributed by atoms with Gasteiger partial charge in [-0.2, -0.15) is 0 Å². The standard InChI is InChI=1S/C15H15BrFNO2/c1-19-11-7-4-8-12(20-2)13(11)15(18)9-5-3-6-10(17)14(9)16/h3-8,15H,18H2,1-2H3. The van der Waals surface area contributed by atoms with Crippen molar-refractivity contribution in [3.05, 3.63) is 57.8 Å². The van der Waals surface area contributed by atoms with E-state index in [0.29, 0.717) is 27.1 Å². The molecule has 1 atom stereocenters. The van der Waals surface area contributed by atoms with E-state index in [1.54, 1.807) is 38.5 Å². The molecule has 0 radical (unpaired) electrons. The fourth-order valence-corrected chi connectivity index (χ4v) is 2.61. The zero-order valence-corrected chi connectivity index (χ0v) is 12.8. The van der Waals surface area contributed by atoms with Gasteiger partial charge in [0.1, 0.15) is 17.3 Å². The fourth-order valence-electron chi connectivity index (χ4n) is 2.10. The smallest absolute Gasteiger partial charge is 0.137 e. The van der Waals surface area contributed by atoms with Crippen LogP contribution in [0.1, 0.15) is 17.2 Å². The third kappa shape index (κ3) is 2.64. The Hall–Kier alpha value is -1.59. The Kier molecular flexibility index (Phi) is 4.62. The van der Waals surface area contributed by atoms with E-state index in [-0.39, 0.29) is 5.82 Å². The molecule has 2 N–H and O–H groups in total. The summed E-state index contributed by atoms with van der Waals surface area (Å²) in [5.74, 6) is 0.854. The van der Waals surface area contributed by atoms with Gasteiger partial charge in [0.25, 0.3) is 0 Å². The molecule has 3 nitrogen and oxygen atoms in total. The highest BCUT2D eigenvalue weighted by molar-refractivity contribution is 9.10. The van der Waals surface area contributed by atoms with Crippen LogP contribution >= 0.6 is 15.9 Å². The van der Waals surface area contributed by atoms with Crippen LogP contribution in [0, 0.1) is 5.82 Å². The Morgan fingerprint density at radius 1 is 1.05 bits per heavy atom. The van der Waals surface area contributed by atoms with Gasteiger partial charge in [-0.3, -0.25) is 0 Å². The second-order valence-corrected chi connectivity index (χ2v) is 4.99. The van der Waals surface area contributed by atoms with Crippen LogP contribution in [-0.4, -0.2) is 14.2 Å². The van der Waals surface area contributed by atoms with Crippen molar-refractivity contribution in [2.24, 2.45) is 5.73 Å². The van der Waals surface area contributed by atoms with Crippen LogP contribution in [0.5, 0.6) is 11.5 Å². The summed E-state index contributed by atoms with van der Waals surface area (Å²) in [6, 6.07) is 9.61. The normalized spacial score (nSPS) is 12.1. The van der Waals surface area contributed by atoms with Crippen molar-refractivity contribution < 1.29 is 13.9 Å². The number of halogens is 2. The van der Waals surface area contributed by atoms with Gasteiger partial charge >= 0.3 is 0 Å². The Balaban J connectivity index is 2.58. The van der Waals surface area contributed by atoms with E-state index >= 15 is 0 Å². The third-order valence-corrected chi connectivity index (χ3v) is 3.93. The first kappa shape index (κ1) is 14.8. The summed E-state index contributed by atoms with van der Waals surface area (Å²) in [7, 11) is 3.12. The van der Waals surface area contributed by atoms with Crippen LogP contribution in [0.15, 0.2) is 40.9 Å². The Bertz CT molecular complexity index is 597. The summed E-state index contributed by atoms with van der Waals surface area (Å²) in [6.07, 6.45) is 0. The molecule has 0 aliphatic carbocycles. The molecule has 0 saturated heterocycles. The van der Waals surface area contributed by atoms with E-state index in [0.717, 1.165) is 0 Å². The molecule has 0 fully saturated rings. The molecule has 0 saturated carbocycles. The molecule has 0 amide bonds. The minimum absolute atomic E-state index is 0.348. The highest BCUT2D eigenvalue weighted by Crippen LogP contribution is 2.38. The lowest BCUT2D eigenvalue weighted by atomic mass is 9.97. The molecule has 0 aliphatic heterocycles. The summed E-state index contributed by atoms with van der Waals surface area (Å²) < 4.78 is 24.7. The van der Waals surface area contributed by atoms with Gasteiger partial charge < -0.3 is 15.2 Å². The fraction of sp³-hybridized carbons (Fsp3) is 0.200. The zero-order chi connectivity index (χ0) is 14.7. The second-order valence-electron chi connectivity index (χ2n) is 4.20. The van der Waals surface area contributed by atoms with Gasteiger partial charge in [0.05, 0.1) is 30.3 Å². The summed E-state index contributed by atoms with van der Waals surface area (Å²) in [6.45, 7) is 0. The zero-order valence-electron chi connectivity index (χ0n) is 11.2. The second kappa shape index (κ2) is 6.24. The lowest BCUT2D eigenvalue weighted by Crippen LogP contribution is -2.15. The molecule has 106 valence electrons. The maximum atomic E-state index is 13.7. The number of methoxy groups -OCH3 is 2. The van der Waals surface area contributed by atoms with Gasteiger partial charge in [-0.25, -0.2) is 4.39 Å². The van der Waals surface area contributed by atoms with Gasteiger partial charge in [-0.15, -0.1) is 0 Å². The van der Waals surface area contributed by atoms with E-state index in [1.165, 1.54) is 6.07 Å². The van der Waals surface area contributed by atoms with Crippen molar-refractivity contribution in [2.45, 2.75) is 6.04 Å². The van der Waals surface area contributed by atoms with Gasteiger partial charge in [0.15, 0.2) is 0 Å². The average Bonchev–Trinajstić information content (AvgIpc) is 2.48. The van der Waals surface area contributed by atoms with Gasteiger partial charge in [0.2, 0.25) is 0 Å². The molecule has 0 heterocycles. The predicted molar refractivity (Wildman–Crippen MR) is 79.7 cm³/mol. The highest BCUT2D eigenvalue weighted by atomic mass is 79.9. The van der Waals surface area contributed by atoms with Crippen molar-refractivity contribution >= 4 is 15.9 Å². The monoisotopic (exact) mass is 339 g/mol. The number of hydrogen-bond donors (Lipinski definition) is 1. The third-order valence-electron chi connectivity index (χ3n) is 3.09. The van der Waals surface area contributed by atoms with Crippen LogP contribution in [0.4, 0.5) is 4.39 Å². The Morgan fingerprint density at radius 2 is 1.60 bits per heavy atom. The van der Waals surface area contributed by atoms with Crippen LogP contribution in [0.2, 0.25) is 0 Å². The molecular formula is C15H15BrFNO2. The first-order valence-corrected chi connectivity index (χ1v) is 6.79. The van der Waals surface area contributed by atoms with Crippen LogP contribution in [-0.2, 0) is 0 Å². The molecule has 2 aromatic carbocycles. The van der Waals surface area contributed by atoms with Crippen molar-refractivity contribution in [1.82, 2.24) is 0 Å². The van der Waals surface area contributed by atoms with Crippen molar-refractivity contribution in [3.8, 4) is 11.5 Å². The van der Waals surface area contributed by atoms with Crippen molar-refractivity contribution in [1.29, 1.82) is 0 Å². The van der Waals surface area contributed by atoms with Crippen LogP contribution < -0.4 is 15.2 Å². The number of benzene rings is 2. The average molecular weight is 340 g/mol. The summed E-state index contributed by atoms with van der Waals surface area (Å²) in [4.78, 5) is 0. The number of rotatable bonds is 4. The molecule has 2 rings (SSSR count). The molecule has 20 heavy (non-hydrogen) atoms. The first-order valence-electron chi connectivity index (χ1n) is 6.00. The quantitative estimate of drug-likeness (QED) is 0.924. The van der Waals surface area contributed by atoms with E-state index < -0.39 is 6.04 Å². The number of ether oxygens (including phenoxy) is 2. The highest BCUT2D eigenvalue weighted by Gasteiger charge is 2.22. The Morgan fingerprint density at radius 3 is 2.15 bits per heavy atom. The minimum Gasteiger partial charge on any atom is -0.496 e. The molecule has 0 aromatic heterocycles. The number of hydrogen-bond acceptors (Lipinski definition) is 3. The first-order chi connectivity index (χ1) is 9.60. The van der Waals surface area contributed by atoms with Crippen molar-refractivity contribution in [3.63, 3.8) is 0 Å². The summed E-state index contributed by atoms with van der Waals surface area (Å²) in [5, 5.41) is 0. The predicted octanol–water partition coefficient (Wildman–Crippen LogP) is 3.65. The SMILES string of the molecule is COc1cccc(OC)c1C(N)c1cccc(F)c1Br. The molecule has 1 unspecified atom stereocenters. The molecule has 2 aromatic rings. The largest absolute Gasteiger partial charge is 0.496 e. The van der Waals surface area contributed by atoms with Crippen LogP contribution in [0.3, 0.4) is 0 Å². The molecule has 5 heteroatoms. The van der Waals surface area contributed by atoms with E-state index in [4.69, 9.17) is 15.2 Å². The molecule has 0 bridgehead atoms. The topological polar surface area (TPSA) is 44.5 Å². The van der Waals surface area contributed by atoms with Crippen molar-refractivity contribution in [2.75, 3.05) is 14.2 Å². The summed E-state index contributed by atoms with van der Waals surface area (Å²) in [5.41, 5.74) is 7.60. The number of nitrogens with two attached hydrogens (primary N) is 1. The van der Waals surface area contributed by atoms with E-state index in [2.05, 4.69) is 15.9 Å². The van der Waals surface area contributed by atoms with E-state index in [1.807, 2.05) is 6.07 Å². The maximum Gasteiger partial charge on any atom is 0.137 e. The van der Waals surface area contributed by atoms with Gasteiger partial charge in [0, 0.05) is 0 Å². The lowest BCUT2D eigenvalue weighted by Gasteiger charge is -2.20. The van der Waals surface area contributed by atoms with Gasteiger partial charge in [-0.1, -0.05) is 18.2 Å². The van der Waals surface area contributed by atoms with E-state index in [9.17, 15) is 4.39 Å². The lowest BCUT2D eigenvalue weighted by molar-refractivity contribution is 0.382. The maximum absolute atomic E-state index is 13.7. The van der Waals surface area contributed by atoms with Crippen LogP contribution in [0.25, 0.3) is 0 Å². The Labute approximate surface area is 125 Å². The molecular weight excluding hydrogens is 325 g/mol. The summed E-state index contributed by atoms with van der Waals surface area (Å²) >= 11 is 3.23. The minimum atomic E-state index is -0.564. The molecule has 0 spiro atoms. The molecule has 0 aliphatic rings.